The molecule has 10 heteroatoms. The van der Waals surface area contributed by atoms with Crippen LogP contribution >= 0.6 is 0 Å². The monoisotopic (exact) mass is 581 g/mol. The summed E-state index contributed by atoms with van der Waals surface area (Å²) in [6, 6.07) is -1.04. The molecule has 10 nitrogen and oxygen atoms in total. The zero-order chi connectivity index (χ0) is 30.7. The van der Waals surface area contributed by atoms with E-state index in [1.807, 2.05) is 6.92 Å². The lowest BCUT2D eigenvalue weighted by molar-refractivity contribution is -0.143. The molecule has 0 radical (unpaired) electrons. The van der Waals surface area contributed by atoms with Gasteiger partial charge < -0.3 is 34.5 Å². The molecule has 41 heavy (non-hydrogen) atoms. The van der Waals surface area contributed by atoms with Crippen LogP contribution in [0.15, 0.2) is 23.8 Å². The van der Waals surface area contributed by atoms with E-state index in [-0.39, 0.29) is 67.2 Å². The zero-order valence-corrected chi connectivity index (χ0v) is 25.7. The first-order valence-electron chi connectivity index (χ1n) is 14.8. The van der Waals surface area contributed by atoms with Gasteiger partial charge in [0.2, 0.25) is 5.91 Å². The van der Waals surface area contributed by atoms with Crippen molar-refractivity contribution in [1.29, 1.82) is 0 Å². The lowest BCUT2D eigenvalue weighted by atomic mass is 9.85. The van der Waals surface area contributed by atoms with Crippen LogP contribution in [0.3, 0.4) is 0 Å². The van der Waals surface area contributed by atoms with Crippen molar-refractivity contribution in [2.24, 2.45) is 17.8 Å². The molecule has 2 fully saturated rings. The molecule has 1 amide bonds. The van der Waals surface area contributed by atoms with E-state index < -0.39 is 18.1 Å². The minimum atomic E-state index is -1.12. The van der Waals surface area contributed by atoms with Crippen LogP contribution in [-0.4, -0.2) is 84.4 Å². The highest BCUT2D eigenvalue weighted by Gasteiger charge is 2.56. The van der Waals surface area contributed by atoms with E-state index in [2.05, 4.69) is 56.0 Å². The highest BCUT2D eigenvalue weighted by molar-refractivity contribution is 5.83. The molecule has 3 N–H and O–H groups in total. The van der Waals surface area contributed by atoms with E-state index in [1.54, 1.807) is 14.0 Å². The number of amides is 1. The molecule has 0 spiro atoms. The molecule has 0 unspecified atom stereocenters. The molecule has 2 saturated heterocycles. The number of carbonyl (C=O) groups excluding carboxylic acids is 2. The maximum Gasteiger partial charge on any atom is 0.326 e. The summed E-state index contributed by atoms with van der Waals surface area (Å²) < 4.78 is 22.5. The number of hydrogen-bond acceptors (Lipinski definition) is 8. The number of carboxylic acids is 1. The lowest BCUT2D eigenvalue weighted by Gasteiger charge is -2.35. The summed E-state index contributed by atoms with van der Waals surface area (Å²) in [5.41, 5.74) is 0.829. The van der Waals surface area contributed by atoms with Gasteiger partial charge in [-0.25, -0.2) is 4.79 Å². The molecule has 2 heterocycles. The van der Waals surface area contributed by atoms with Crippen molar-refractivity contribution in [3.8, 4) is 0 Å². The Morgan fingerprint density at radius 2 is 1.93 bits per heavy atom. The number of aliphatic carboxylic acids is 1. The van der Waals surface area contributed by atoms with E-state index in [9.17, 15) is 24.6 Å². The number of methoxy groups -OCH3 is 1. The minimum Gasteiger partial charge on any atom is -0.480 e. The summed E-state index contributed by atoms with van der Waals surface area (Å²) in [7, 11) is 1.62. The van der Waals surface area contributed by atoms with Gasteiger partial charge in [-0.3, -0.25) is 9.59 Å². The molecule has 0 aromatic rings. The molecule has 0 aromatic heterocycles. The second-order valence-corrected chi connectivity index (χ2v) is 12.1. The van der Waals surface area contributed by atoms with Gasteiger partial charge in [-0.2, -0.15) is 0 Å². The topological polar surface area (TPSA) is 144 Å². The second kappa shape index (κ2) is 16.4. The summed E-state index contributed by atoms with van der Waals surface area (Å²) in [4.78, 5) is 34.4. The lowest BCUT2D eigenvalue weighted by Crippen LogP contribution is -2.43. The van der Waals surface area contributed by atoms with Gasteiger partial charge in [0.05, 0.1) is 49.1 Å². The Kier molecular flexibility index (Phi) is 14.0. The number of nitrogens with one attached hydrogen (secondary N) is 1. The van der Waals surface area contributed by atoms with Crippen LogP contribution in [0.4, 0.5) is 0 Å². The molecular formula is C31H51NO9. The number of aliphatic hydroxyl groups is 1. The van der Waals surface area contributed by atoms with E-state index in [0.717, 1.165) is 24.8 Å². The highest BCUT2D eigenvalue weighted by Crippen LogP contribution is 2.47. The van der Waals surface area contributed by atoms with Gasteiger partial charge in [-0.05, 0) is 70.3 Å². The summed E-state index contributed by atoms with van der Waals surface area (Å²) in [5, 5.41) is 22.0. The molecule has 234 valence electrons. The first kappa shape index (κ1) is 34.9. The van der Waals surface area contributed by atoms with Gasteiger partial charge in [0.25, 0.3) is 6.47 Å². The Balaban J connectivity index is 1.87. The normalized spacial score (nSPS) is 30.2. The van der Waals surface area contributed by atoms with E-state index in [0.29, 0.717) is 18.8 Å². The fraction of sp³-hybridized carbons (Fsp3) is 0.774. The third-order valence-corrected chi connectivity index (χ3v) is 8.33. The van der Waals surface area contributed by atoms with Crippen molar-refractivity contribution in [3.63, 3.8) is 0 Å². The minimum absolute atomic E-state index is 0.0445. The van der Waals surface area contributed by atoms with Crippen LogP contribution in [0.5, 0.6) is 0 Å². The maximum absolute atomic E-state index is 12.6. The fourth-order valence-electron chi connectivity index (χ4n) is 6.16. The second-order valence-electron chi connectivity index (χ2n) is 12.1. The molecule has 0 bridgehead atoms. The quantitative estimate of drug-likeness (QED) is 0.0953. The number of ether oxygens (including phenoxy) is 4. The molecule has 2 rings (SSSR count). The molecule has 10 atom stereocenters. The average Bonchev–Trinajstić information content (AvgIpc) is 3.57. The predicted octanol–water partition coefficient (Wildman–Crippen LogP) is 3.80. The van der Waals surface area contributed by atoms with Crippen LogP contribution in [0, 0.1) is 17.8 Å². The first-order chi connectivity index (χ1) is 19.3. The molecule has 0 saturated carbocycles. The molecule has 2 aliphatic rings. The number of carbonyl (C=O) groups is 3. The number of rotatable bonds is 18. The van der Waals surface area contributed by atoms with Crippen molar-refractivity contribution in [1.82, 2.24) is 5.32 Å². The van der Waals surface area contributed by atoms with Crippen LogP contribution in [0.2, 0.25) is 0 Å². The van der Waals surface area contributed by atoms with Crippen molar-refractivity contribution in [3.05, 3.63) is 23.8 Å². The summed E-state index contributed by atoms with van der Waals surface area (Å²) in [6.07, 6.45) is 8.17. The Morgan fingerprint density at radius 3 is 2.54 bits per heavy atom. The average molecular weight is 582 g/mol. The van der Waals surface area contributed by atoms with Crippen LogP contribution < -0.4 is 5.32 Å². The third-order valence-electron chi connectivity index (χ3n) is 8.33. The zero-order valence-electron chi connectivity index (χ0n) is 25.7. The molecule has 0 aliphatic carbocycles. The SMILES string of the molecule is CO[C@H]([C@@H](C)[C@H]1O[C@]1(C)C[C@H](C)/C=C/C=C(\C)[C@H]1O[C@@H](CC(=O)N[C@H](CCCOC=O)C(=O)O)CC[C@@H]1C)[C@@H](C)O. The standard InChI is InChI=1S/C31H51NO9/c1-19(17-31(6)29(41-31)22(4)28(38-7)23(5)34)10-8-11-20(2)27-21(3)13-14-24(40-27)16-26(35)32-25(30(36)37)12-9-15-39-18-33/h8,10-11,18-19,21-25,27-29,34H,9,12-17H2,1-7H3,(H,32,35)(H,36,37)/b10-8+,20-11+/t19-,21+,22-,23-,24-,25-,27-,28-,29-,31-/m1/s1. The van der Waals surface area contributed by atoms with Crippen molar-refractivity contribution in [2.45, 2.75) is 122 Å². The van der Waals surface area contributed by atoms with Crippen LogP contribution in [-0.2, 0) is 33.3 Å². The van der Waals surface area contributed by atoms with Gasteiger partial charge in [0, 0.05) is 13.0 Å². The molecule has 2 aliphatic heterocycles. The number of hydrogen-bond donors (Lipinski definition) is 3. The van der Waals surface area contributed by atoms with Crippen molar-refractivity contribution >= 4 is 18.3 Å². The molecule has 0 aromatic carbocycles. The number of aliphatic hydroxyl groups excluding tert-OH is 1. The smallest absolute Gasteiger partial charge is 0.326 e. The maximum atomic E-state index is 12.6. The van der Waals surface area contributed by atoms with Gasteiger partial charge in [-0.15, -0.1) is 0 Å². The Morgan fingerprint density at radius 1 is 1.22 bits per heavy atom. The number of carboxylic acid groups (broad SMARTS) is 1. The summed E-state index contributed by atoms with van der Waals surface area (Å²) >= 11 is 0. The van der Waals surface area contributed by atoms with E-state index in [4.69, 9.17) is 14.2 Å². The van der Waals surface area contributed by atoms with Gasteiger partial charge in [0.15, 0.2) is 0 Å². The van der Waals surface area contributed by atoms with E-state index in [1.165, 1.54) is 0 Å². The van der Waals surface area contributed by atoms with Crippen molar-refractivity contribution in [2.75, 3.05) is 13.7 Å². The van der Waals surface area contributed by atoms with Crippen LogP contribution in [0.1, 0.15) is 80.1 Å². The fourth-order valence-corrected chi connectivity index (χ4v) is 6.16. The first-order valence-corrected chi connectivity index (χ1v) is 14.8. The number of epoxide rings is 1. The Labute approximate surface area is 244 Å². The highest BCUT2D eigenvalue weighted by atomic mass is 16.6. The summed E-state index contributed by atoms with van der Waals surface area (Å²) in [6.45, 7) is 12.7. The third kappa shape index (κ3) is 10.8. The Bertz CT molecular complexity index is 919. The van der Waals surface area contributed by atoms with Crippen LogP contribution in [0.25, 0.3) is 0 Å². The van der Waals surface area contributed by atoms with Crippen molar-refractivity contribution < 1.29 is 43.5 Å². The number of allylic oxidation sites excluding steroid dienone is 3. The van der Waals surface area contributed by atoms with E-state index >= 15 is 0 Å². The van der Waals surface area contributed by atoms with Gasteiger partial charge >= 0.3 is 5.97 Å². The summed E-state index contributed by atoms with van der Waals surface area (Å²) in [5.74, 6) is -0.823. The van der Waals surface area contributed by atoms with Gasteiger partial charge in [-0.1, -0.05) is 39.0 Å². The predicted molar refractivity (Wildman–Crippen MR) is 154 cm³/mol. The largest absolute Gasteiger partial charge is 0.480 e. The Hall–Kier alpha value is -2.27. The molecular weight excluding hydrogens is 530 g/mol. The van der Waals surface area contributed by atoms with Gasteiger partial charge in [0.1, 0.15) is 6.04 Å².